The van der Waals surface area contributed by atoms with Crippen molar-refractivity contribution in [2.45, 2.75) is 64.3 Å². The minimum absolute atomic E-state index is 0.123. The molecule has 1 saturated heterocycles. The van der Waals surface area contributed by atoms with Crippen LogP contribution in [0.5, 0.6) is 11.5 Å². The Morgan fingerprint density at radius 2 is 1.68 bits per heavy atom. The predicted octanol–water partition coefficient (Wildman–Crippen LogP) is 4.99. The number of ether oxygens (including phenoxy) is 2. The molecular weight excluding hydrogens is 480 g/mol. The highest BCUT2D eigenvalue weighted by Crippen LogP contribution is 2.27. The highest BCUT2D eigenvalue weighted by molar-refractivity contribution is 5.94. The van der Waals surface area contributed by atoms with Crippen LogP contribution < -0.4 is 14.8 Å². The number of hydrogen-bond acceptors (Lipinski definition) is 5. The molecule has 3 aromatic rings. The second-order valence-electron chi connectivity index (χ2n) is 9.85. The third-order valence-corrected chi connectivity index (χ3v) is 7.25. The topological polar surface area (TPSA) is 85.7 Å². The lowest BCUT2D eigenvalue weighted by atomic mass is 10.1. The van der Waals surface area contributed by atoms with E-state index >= 15 is 0 Å². The standard InChI is InChI=1S/C30H40N4O4/c1-37-26-16-15-23(22-27(26)38-2)30(36)31-18-9-5-6-14-28-32-24-12-7-8-13-25(24)34(28)21-17-29(35)33-19-10-3-4-11-20-33/h7-8,12-13,15-16,22H,3-6,9-11,14,17-21H2,1-2H3,(H,31,36). The van der Waals surface area contributed by atoms with Crippen molar-refractivity contribution in [3.05, 3.63) is 53.9 Å². The number of nitrogens with one attached hydrogen (secondary N) is 1. The van der Waals surface area contributed by atoms with Crippen LogP contribution in [0.2, 0.25) is 0 Å². The fourth-order valence-electron chi connectivity index (χ4n) is 5.12. The highest BCUT2D eigenvalue weighted by Gasteiger charge is 2.17. The largest absolute Gasteiger partial charge is 0.493 e. The molecule has 0 aliphatic carbocycles. The third kappa shape index (κ3) is 7.05. The SMILES string of the molecule is COc1ccc(C(=O)NCCCCCc2nc3ccccc3n2CCC(=O)N2CCCCCC2)cc1OC. The van der Waals surface area contributed by atoms with Crippen molar-refractivity contribution in [2.24, 2.45) is 0 Å². The Kier molecular flexibility index (Phi) is 10.0. The smallest absolute Gasteiger partial charge is 0.251 e. The zero-order valence-electron chi connectivity index (χ0n) is 22.7. The van der Waals surface area contributed by atoms with Gasteiger partial charge in [-0.2, -0.15) is 0 Å². The minimum atomic E-state index is -0.123. The zero-order valence-corrected chi connectivity index (χ0v) is 22.7. The van der Waals surface area contributed by atoms with Gasteiger partial charge in [-0.1, -0.05) is 31.4 Å². The molecular formula is C30H40N4O4. The van der Waals surface area contributed by atoms with Crippen LogP contribution in [0.3, 0.4) is 0 Å². The number of fused-ring (bicyclic) bond motifs is 1. The van der Waals surface area contributed by atoms with E-state index in [0.29, 0.717) is 36.6 Å². The van der Waals surface area contributed by atoms with E-state index in [1.54, 1.807) is 32.4 Å². The molecule has 0 saturated carbocycles. The van der Waals surface area contributed by atoms with Gasteiger partial charge in [-0.3, -0.25) is 9.59 Å². The van der Waals surface area contributed by atoms with E-state index in [1.165, 1.54) is 12.8 Å². The lowest BCUT2D eigenvalue weighted by molar-refractivity contribution is -0.131. The number of imidazole rings is 1. The van der Waals surface area contributed by atoms with Crippen LogP contribution in [0.15, 0.2) is 42.5 Å². The van der Waals surface area contributed by atoms with Crippen molar-refractivity contribution >= 4 is 22.8 Å². The number of amides is 2. The maximum Gasteiger partial charge on any atom is 0.251 e. The fourth-order valence-corrected chi connectivity index (χ4v) is 5.12. The van der Waals surface area contributed by atoms with E-state index < -0.39 is 0 Å². The van der Waals surface area contributed by atoms with E-state index in [9.17, 15) is 9.59 Å². The summed E-state index contributed by atoms with van der Waals surface area (Å²) in [7, 11) is 3.13. The van der Waals surface area contributed by atoms with Crippen LogP contribution in [0.25, 0.3) is 11.0 Å². The van der Waals surface area contributed by atoms with E-state index in [4.69, 9.17) is 14.5 Å². The van der Waals surface area contributed by atoms with Gasteiger partial charge in [0.15, 0.2) is 11.5 Å². The van der Waals surface area contributed by atoms with Gasteiger partial charge in [0.05, 0.1) is 25.3 Å². The summed E-state index contributed by atoms with van der Waals surface area (Å²) >= 11 is 0. The number of methoxy groups -OCH3 is 2. The number of hydrogen-bond donors (Lipinski definition) is 1. The van der Waals surface area contributed by atoms with Crippen molar-refractivity contribution in [1.29, 1.82) is 0 Å². The molecule has 8 heteroatoms. The molecule has 1 aliphatic rings. The molecule has 2 heterocycles. The first-order valence-electron chi connectivity index (χ1n) is 13.8. The number of para-hydroxylation sites is 2. The van der Waals surface area contributed by atoms with Crippen LogP contribution in [0.4, 0.5) is 0 Å². The van der Waals surface area contributed by atoms with Crippen LogP contribution in [0, 0.1) is 0 Å². The van der Waals surface area contributed by atoms with Gasteiger partial charge in [-0.05, 0) is 56.0 Å². The summed E-state index contributed by atoms with van der Waals surface area (Å²) in [6.07, 6.45) is 8.84. The predicted molar refractivity (Wildman–Crippen MR) is 149 cm³/mol. The molecule has 0 spiro atoms. The number of likely N-dealkylation sites (tertiary alicyclic amines) is 1. The van der Waals surface area contributed by atoms with Gasteiger partial charge in [-0.25, -0.2) is 4.98 Å². The number of unbranched alkanes of at least 4 members (excludes halogenated alkanes) is 2. The lowest BCUT2D eigenvalue weighted by Crippen LogP contribution is -2.32. The summed E-state index contributed by atoms with van der Waals surface area (Å²) in [6.45, 7) is 3.04. The van der Waals surface area contributed by atoms with Crippen molar-refractivity contribution in [3.8, 4) is 11.5 Å². The molecule has 0 atom stereocenters. The molecule has 1 fully saturated rings. The average molecular weight is 521 g/mol. The highest BCUT2D eigenvalue weighted by atomic mass is 16.5. The molecule has 2 amide bonds. The van der Waals surface area contributed by atoms with Gasteiger partial charge < -0.3 is 24.3 Å². The number of carbonyl (C=O) groups excluding carboxylic acids is 2. The number of benzene rings is 2. The van der Waals surface area contributed by atoms with Crippen LogP contribution in [0.1, 0.15) is 67.5 Å². The number of aryl methyl sites for hydroxylation is 2. The molecule has 38 heavy (non-hydrogen) atoms. The minimum Gasteiger partial charge on any atom is -0.493 e. The monoisotopic (exact) mass is 520 g/mol. The maximum absolute atomic E-state index is 12.9. The molecule has 1 aromatic heterocycles. The van der Waals surface area contributed by atoms with E-state index in [0.717, 1.165) is 68.5 Å². The molecule has 8 nitrogen and oxygen atoms in total. The first-order chi connectivity index (χ1) is 18.6. The summed E-state index contributed by atoms with van der Waals surface area (Å²) in [5.41, 5.74) is 2.62. The number of rotatable bonds is 12. The van der Waals surface area contributed by atoms with Gasteiger partial charge in [-0.15, -0.1) is 0 Å². The van der Waals surface area contributed by atoms with Gasteiger partial charge in [0.25, 0.3) is 5.91 Å². The fraction of sp³-hybridized carbons (Fsp3) is 0.500. The maximum atomic E-state index is 12.9. The Morgan fingerprint density at radius 1 is 0.921 bits per heavy atom. The Morgan fingerprint density at radius 3 is 2.45 bits per heavy atom. The molecule has 0 radical (unpaired) electrons. The molecule has 1 aliphatic heterocycles. The van der Waals surface area contributed by atoms with Crippen LogP contribution >= 0.6 is 0 Å². The Bertz CT molecular complexity index is 1210. The van der Waals surface area contributed by atoms with Crippen molar-refractivity contribution in [2.75, 3.05) is 33.9 Å². The molecule has 204 valence electrons. The lowest BCUT2D eigenvalue weighted by Gasteiger charge is -2.20. The Balaban J connectivity index is 1.26. The molecule has 4 rings (SSSR count). The van der Waals surface area contributed by atoms with Gasteiger partial charge >= 0.3 is 0 Å². The average Bonchev–Trinajstić information content (AvgIpc) is 3.09. The molecule has 0 bridgehead atoms. The molecule has 2 aromatic carbocycles. The number of nitrogens with zero attached hydrogens (tertiary/aromatic N) is 3. The number of carbonyl (C=O) groups is 2. The number of aromatic nitrogens is 2. The second-order valence-corrected chi connectivity index (χ2v) is 9.85. The summed E-state index contributed by atoms with van der Waals surface area (Å²) in [5.74, 6) is 2.30. The van der Waals surface area contributed by atoms with Gasteiger partial charge in [0.2, 0.25) is 5.91 Å². The van der Waals surface area contributed by atoms with E-state index in [-0.39, 0.29) is 11.8 Å². The Labute approximate surface area is 225 Å². The van der Waals surface area contributed by atoms with Crippen molar-refractivity contribution < 1.29 is 19.1 Å². The first-order valence-corrected chi connectivity index (χ1v) is 13.8. The van der Waals surface area contributed by atoms with Crippen LogP contribution in [-0.2, 0) is 17.8 Å². The first kappa shape index (κ1) is 27.5. The van der Waals surface area contributed by atoms with Crippen molar-refractivity contribution in [3.63, 3.8) is 0 Å². The van der Waals surface area contributed by atoms with Gasteiger partial charge in [0, 0.05) is 44.6 Å². The summed E-state index contributed by atoms with van der Waals surface area (Å²) < 4.78 is 12.8. The van der Waals surface area contributed by atoms with Crippen LogP contribution in [-0.4, -0.2) is 60.1 Å². The second kappa shape index (κ2) is 13.8. The van der Waals surface area contributed by atoms with Crippen molar-refractivity contribution in [1.82, 2.24) is 19.8 Å². The summed E-state index contributed by atoms with van der Waals surface area (Å²) in [4.78, 5) is 32.3. The zero-order chi connectivity index (χ0) is 26.7. The van der Waals surface area contributed by atoms with E-state index in [1.807, 2.05) is 23.1 Å². The quantitative estimate of drug-likeness (QED) is 0.340. The third-order valence-electron chi connectivity index (χ3n) is 7.25. The normalized spacial score (nSPS) is 13.8. The molecule has 0 unspecified atom stereocenters. The molecule has 1 N–H and O–H groups in total. The summed E-state index contributed by atoms with van der Waals surface area (Å²) in [5, 5.41) is 2.99. The Hall–Kier alpha value is -3.55. The summed E-state index contributed by atoms with van der Waals surface area (Å²) in [6, 6.07) is 13.3. The van der Waals surface area contributed by atoms with E-state index in [2.05, 4.69) is 16.0 Å². The van der Waals surface area contributed by atoms with Gasteiger partial charge in [0.1, 0.15) is 5.82 Å².